The van der Waals surface area contributed by atoms with E-state index in [-0.39, 0.29) is 31.3 Å². The lowest BCUT2D eigenvalue weighted by atomic mass is 9.85. The van der Waals surface area contributed by atoms with Gasteiger partial charge in [-0.3, -0.25) is 4.79 Å². The molecule has 0 N–H and O–H groups in total. The first-order valence-corrected chi connectivity index (χ1v) is 14.6. The van der Waals surface area contributed by atoms with Gasteiger partial charge in [0.25, 0.3) is 0 Å². The second-order valence-corrected chi connectivity index (χ2v) is 11.3. The normalized spacial score (nSPS) is 23.3. The summed E-state index contributed by atoms with van der Waals surface area (Å²) in [6.45, 7) is 4.33. The fourth-order valence-electron chi connectivity index (χ4n) is 7.29. The van der Waals surface area contributed by atoms with Crippen molar-refractivity contribution in [3.63, 3.8) is 0 Å². The quantitative estimate of drug-likeness (QED) is 0.185. The van der Waals surface area contributed by atoms with Gasteiger partial charge in [-0.05, 0) is 17.5 Å². The number of quaternary nitrogens is 1. The maximum absolute atomic E-state index is 14.3. The van der Waals surface area contributed by atoms with Gasteiger partial charge < -0.3 is 31.1 Å². The van der Waals surface area contributed by atoms with Gasteiger partial charge in [0, 0.05) is 44.9 Å². The zero-order chi connectivity index (χ0) is 26.4. The molecule has 0 saturated carbocycles. The van der Waals surface area contributed by atoms with E-state index in [1.807, 2.05) is 60.7 Å². The summed E-state index contributed by atoms with van der Waals surface area (Å²) in [5.41, 5.74) is -0.192. The number of benzene rings is 2. The SMILES string of the molecule is CCCCCC(=O)OCOC(C(=O)OC1CC2CCC(C1)[N+]21CCCC1)(c1ccccc1)c1ccccc1.[Cl-]. The first-order chi connectivity index (χ1) is 18.6. The Morgan fingerprint density at radius 2 is 1.44 bits per heavy atom. The van der Waals surface area contributed by atoms with Gasteiger partial charge in [0.15, 0.2) is 6.79 Å². The molecule has 3 saturated heterocycles. The molecule has 2 aromatic rings. The number of ether oxygens (including phenoxy) is 3. The van der Waals surface area contributed by atoms with E-state index >= 15 is 0 Å². The van der Waals surface area contributed by atoms with Crippen molar-refractivity contribution < 1.29 is 40.7 Å². The van der Waals surface area contributed by atoms with E-state index in [4.69, 9.17) is 14.2 Å². The highest BCUT2D eigenvalue weighted by Gasteiger charge is 2.56. The summed E-state index contributed by atoms with van der Waals surface area (Å²) >= 11 is 0. The highest BCUT2D eigenvalue weighted by atomic mass is 35.5. The molecule has 2 aromatic carbocycles. The maximum atomic E-state index is 14.3. The molecule has 6 nitrogen and oxygen atoms in total. The van der Waals surface area contributed by atoms with E-state index in [1.54, 1.807) is 0 Å². The third kappa shape index (κ3) is 6.03. The summed E-state index contributed by atoms with van der Waals surface area (Å²) in [5, 5.41) is 0. The van der Waals surface area contributed by atoms with Crippen LogP contribution < -0.4 is 12.4 Å². The van der Waals surface area contributed by atoms with E-state index in [9.17, 15) is 9.59 Å². The Labute approximate surface area is 239 Å². The molecule has 0 amide bonds. The van der Waals surface area contributed by atoms with Crippen molar-refractivity contribution in [2.45, 2.75) is 94.9 Å². The predicted molar refractivity (Wildman–Crippen MR) is 145 cm³/mol. The minimum atomic E-state index is -1.53. The van der Waals surface area contributed by atoms with Gasteiger partial charge >= 0.3 is 11.9 Å². The van der Waals surface area contributed by atoms with Crippen LogP contribution in [-0.4, -0.2) is 54.5 Å². The van der Waals surface area contributed by atoms with Crippen LogP contribution in [0, 0.1) is 0 Å². The number of nitrogens with zero attached hydrogens (tertiary/aromatic N) is 1. The first-order valence-electron chi connectivity index (χ1n) is 14.6. The number of carbonyl (C=O) groups is 2. The van der Waals surface area contributed by atoms with E-state index < -0.39 is 11.6 Å². The zero-order valence-corrected chi connectivity index (χ0v) is 23.8. The Bertz CT molecular complexity index is 1020. The Kier molecular flexibility index (Phi) is 10.1. The van der Waals surface area contributed by atoms with Gasteiger partial charge in [0.1, 0.15) is 6.10 Å². The summed E-state index contributed by atoms with van der Waals surface area (Å²) in [7, 11) is 0. The van der Waals surface area contributed by atoms with Crippen molar-refractivity contribution in [1.29, 1.82) is 0 Å². The van der Waals surface area contributed by atoms with Gasteiger partial charge in [-0.25, -0.2) is 4.79 Å². The average molecular weight is 556 g/mol. The van der Waals surface area contributed by atoms with E-state index in [1.165, 1.54) is 43.3 Å². The molecule has 212 valence electrons. The minimum Gasteiger partial charge on any atom is -1.00 e. The highest BCUT2D eigenvalue weighted by Crippen LogP contribution is 2.47. The second kappa shape index (κ2) is 13.3. The molecule has 39 heavy (non-hydrogen) atoms. The van der Waals surface area contributed by atoms with Crippen LogP contribution in [0.5, 0.6) is 0 Å². The molecule has 2 unspecified atom stereocenters. The lowest BCUT2D eigenvalue weighted by Crippen LogP contribution is -3.00. The number of hydrogen-bond acceptors (Lipinski definition) is 5. The van der Waals surface area contributed by atoms with Crippen molar-refractivity contribution >= 4 is 11.9 Å². The fourth-order valence-corrected chi connectivity index (χ4v) is 7.29. The van der Waals surface area contributed by atoms with E-state index in [2.05, 4.69) is 6.92 Å². The Hall–Kier alpha value is -2.41. The van der Waals surface area contributed by atoms with Crippen molar-refractivity contribution in [1.82, 2.24) is 0 Å². The predicted octanol–water partition coefficient (Wildman–Crippen LogP) is 2.88. The third-order valence-corrected chi connectivity index (χ3v) is 9.16. The van der Waals surface area contributed by atoms with Gasteiger partial charge in [0.2, 0.25) is 5.60 Å². The van der Waals surface area contributed by atoms with Crippen molar-refractivity contribution in [2.75, 3.05) is 19.9 Å². The van der Waals surface area contributed by atoms with E-state index in [0.717, 1.165) is 32.1 Å². The van der Waals surface area contributed by atoms with Gasteiger partial charge in [-0.2, -0.15) is 0 Å². The zero-order valence-electron chi connectivity index (χ0n) is 23.1. The molecule has 0 radical (unpaired) electrons. The molecule has 3 fully saturated rings. The molecule has 1 spiro atoms. The Balaban J connectivity index is 0.00000353. The van der Waals surface area contributed by atoms with Crippen molar-refractivity contribution in [3.05, 3.63) is 71.8 Å². The Morgan fingerprint density at radius 3 is 1.97 bits per heavy atom. The molecule has 2 atom stereocenters. The Morgan fingerprint density at radius 1 is 0.872 bits per heavy atom. The molecule has 7 heteroatoms. The van der Waals surface area contributed by atoms with Crippen molar-refractivity contribution in [3.8, 4) is 0 Å². The molecule has 3 heterocycles. The monoisotopic (exact) mass is 555 g/mol. The van der Waals surface area contributed by atoms with Crippen LogP contribution in [0.2, 0.25) is 0 Å². The molecule has 5 rings (SSSR count). The number of carbonyl (C=O) groups excluding carboxylic acids is 2. The molecule has 0 aromatic heterocycles. The minimum absolute atomic E-state index is 0. The highest BCUT2D eigenvalue weighted by molar-refractivity contribution is 5.86. The number of piperidine rings is 1. The van der Waals surface area contributed by atoms with Gasteiger partial charge in [-0.15, -0.1) is 0 Å². The third-order valence-electron chi connectivity index (χ3n) is 9.16. The van der Waals surface area contributed by atoms with Crippen LogP contribution in [-0.2, 0) is 29.4 Å². The molecular weight excluding hydrogens is 514 g/mol. The number of esters is 2. The summed E-state index contributed by atoms with van der Waals surface area (Å²) < 4.78 is 19.4. The van der Waals surface area contributed by atoms with Crippen molar-refractivity contribution in [2.24, 2.45) is 0 Å². The summed E-state index contributed by atoms with van der Waals surface area (Å²) in [4.78, 5) is 26.6. The summed E-state index contributed by atoms with van der Waals surface area (Å²) in [5.74, 6) is -0.749. The van der Waals surface area contributed by atoms with Crippen LogP contribution in [0.1, 0.15) is 82.3 Å². The lowest BCUT2D eigenvalue weighted by molar-refractivity contribution is -0.956. The molecular formula is C32H42ClNO5. The molecule has 0 aliphatic carbocycles. The summed E-state index contributed by atoms with van der Waals surface area (Å²) in [6, 6.07) is 20.1. The standard InChI is InChI=1S/C32H42NO5.ClH/c1-2-3-6-17-30(34)36-24-37-32(25-13-7-4-8-14-25,26-15-9-5-10-16-26)31(35)38-29-22-27-18-19-28(23-29)33(27)20-11-12-21-33;/h4-5,7-10,13-16,27-29H,2-3,6,11-12,17-24H2,1H3;1H/q+1;/p-1. The van der Waals surface area contributed by atoms with Crippen LogP contribution in [0.4, 0.5) is 0 Å². The van der Waals surface area contributed by atoms with Crippen LogP contribution >= 0.6 is 0 Å². The maximum Gasteiger partial charge on any atom is 0.348 e. The van der Waals surface area contributed by atoms with Gasteiger partial charge in [0.05, 0.1) is 25.2 Å². The second-order valence-electron chi connectivity index (χ2n) is 11.3. The topological polar surface area (TPSA) is 61.8 Å². The van der Waals surface area contributed by atoms with Gasteiger partial charge in [-0.1, -0.05) is 80.4 Å². The molecule has 2 bridgehead atoms. The number of rotatable bonds is 11. The van der Waals surface area contributed by atoms with Crippen LogP contribution in [0.3, 0.4) is 0 Å². The molecule has 3 aliphatic rings. The van der Waals surface area contributed by atoms with Crippen LogP contribution in [0.25, 0.3) is 0 Å². The lowest BCUT2D eigenvalue weighted by Gasteiger charge is -2.47. The molecule has 3 aliphatic heterocycles. The average Bonchev–Trinajstić information content (AvgIpc) is 3.49. The first kappa shape index (κ1) is 29.6. The summed E-state index contributed by atoms with van der Waals surface area (Å²) in [6.07, 6.45) is 9.91. The largest absolute Gasteiger partial charge is 1.00 e. The number of halogens is 1. The number of unbranched alkanes of at least 4 members (excludes halogenated alkanes) is 2. The number of hydrogen-bond donors (Lipinski definition) is 0. The fraction of sp³-hybridized carbons (Fsp3) is 0.562. The smallest absolute Gasteiger partial charge is 0.348 e. The van der Waals surface area contributed by atoms with Crippen LogP contribution in [0.15, 0.2) is 60.7 Å². The van der Waals surface area contributed by atoms with E-state index in [0.29, 0.717) is 29.6 Å².